The zero-order chi connectivity index (χ0) is 33.0. The fraction of sp³-hybridized carbons (Fsp3) is 0.357. The van der Waals surface area contributed by atoms with Gasteiger partial charge in [-0.3, -0.25) is 19.6 Å². The lowest BCUT2D eigenvalue weighted by Gasteiger charge is -2.15. The van der Waals surface area contributed by atoms with Gasteiger partial charge in [0.25, 0.3) is 11.8 Å². The van der Waals surface area contributed by atoms with Crippen LogP contribution in [0.25, 0.3) is 0 Å². The third-order valence-corrected chi connectivity index (χ3v) is 6.21. The number of aliphatic imine (C=N–C) groups is 2. The van der Waals surface area contributed by atoms with Crippen LogP contribution in [0, 0.1) is 0 Å². The third-order valence-electron chi connectivity index (χ3n) is 6.21. The molecule has 0 fully saturated rings. The van der Waals surface area contributed by atoms with Gasteiger partial charge in [0.2, 0.25) is 12.1 Å². The number of likely N-dealkylation sites (N-methyl/N-ethyl adjacent to an activating group) is 2. The molecule has 236 valence electrons. The quantitative estimate of drug-likeness (QED) is 0.354. The lowest BCUT2D eigenvalue weighted by atomic mass is 10.1. The molecule has 44 heavy (non-hydrogen) atoms. The summed E-state index contributed by atoms with van der Waals surface area (Å²) in [4.78, 5) is 56.3. The molecule has 2 aliphatic rings. The predicted molar refractivity (Wildman–Crippen MR) is 146 cm³/mol. The summed E-state index contributed by atoms with van der Waals surface area (Å²) >= 11 is 0. The molecule has 0 N–H and O–H groups in total. The number of benzene rings is 2. The van der Waals surface area contributed by atoms with E-state index in [0.717, 1.165) is 0 Å². The fourth-order valence-electron chi connectivity index (χ4n) is 4.17. The molecule has 0 aromatic heterocycles. The van der Waals surface area contributed by atoms with Crippen molar-refractivity contribution in [1.82, 2.24) is 0 Å². The molecular weight excluding hydrogens is 602 g/mol. The summed E-state index contributed by atoms with van der Waals surface area (Å²) in [6.45, 7) is 2.37. The summed E-state index contributed by atoms with van der Waals surface area (Å²) in [5, 5.41) is 0. The fourth-order valence-corrected chi connectivity index (χ4v) is 4.17. The van der Waals surface area contributed by atoms with E-state index in [1.165, 1.54) is 49.9 Å². The van der Waals surface area contributed by atoms with Crippen molar-refractivity contribution in [2.75, 3.05) is 37.1 Å². The van der Waals surface area contributed by atoms with Gasteiger partial charge in [-0.25, -0.2) is 9.59 Å². The van der Waals surface area contributed by atoms with Gasteiger partial charge in [0.15, 0.2) is 0 Å². The number of esters is 2. The molecule has 4 rings (SSSR count). The van der Waals surface area contributed by atoms with Gasteiger partial charge in [-0.15, -0.1) is 0 Å². The minimum Gasteiger partial charge on any atom is -0.464 e. The summed E-state index contributed by atoms with van der Waals surface area (Å²) in [5.74, 6) is -4.44. The summed E-state index contributed by atoms with van der Waals surface area (Å²) < 4.78 is 86.9. The van der Waals surface area contributed by atoms with E-state index in [1.54, 1.807) is 36.4 Å². The van der Waals surface area contributed by atoms with Crippen LogP contribution in [0.2, 0.25) is 0 Å². The van der Waals surface area contributed by atoms with Gasteiger partial charge in [0.05, 0.1) is 24.6 Å². The van der Waals surface area contributed by atoms with E-state index < -0.39 is 59.6 Å². The van der Waals surface area contributed by atoms with Crippen molar-refractivity contribution in [3.05, 3.63) is 59.7 Å². The number of para-hydroxylation sites is 2. The van der Waals surface area contributed by atoms with E-state index in [9.17, 15) is 45.5 Å². The Morgan fingerprint density at radius 3 is 1.30 bits per heavy atom. The summed E-state index contributed by atoms with van der Waals surface area (Å²) in [6.07, 6.45) is -9.87. The van der Waals surface area contributed by atoms with Crippen LogP contribution in [0.1, 0.15) is 25.0 Å². The number of carbonyl (C=O) groups is 4. The highest BCUT2D eigenvalue weighted by Crippen LogP contribution is 2.32. The van der Waals surface area contributed by atoms with Crippen molar-refractivity contribution >= 4 is 46.6 Å². The Morgan fingerprint density at radius 1 is 0.682 bits per heavy atom. The molecule has 0 unspecified atom stereocenters. The number of nitrogens with zero attached hydrogens (tertiary/aromatic N) is 4. The van der Waals surface area contributed by atoms with Gasteiger partial charge in [0.1, 0.15) is 11.4 Å². The number of carbonyl (C=O) groups excluding carboxylic acids is 4. The van der Waals surface area contributed by atoms with E-state index in [2.05, 4.69) is 19.5 Å². The van der Waals surface area contributed by atoms with Crippen LogP contribution in [0.4, 0.5) is 37.7 Å². The average molecular weight is 629 g/mol. The Bertz CT molecular complexity index is 1390. The predicted octanol–water partition coefficient (Wildman–Crippen LogP) is 3.89. The highest BCUT2D eigenvalue weighted by atomic mass is 19.4. The van der Waals surface area contributed by atoms with Gasteiger partial charge in [-0.05, 0) is 26.0 Å². The van der Waals surface area contributed by atoms with E-state index >= 15 is 0 Å². The first-order valence-electron chi connectivity index (χ1n) is 12.9. The first kappa shape index (κ1) is 33.7. The van der Waals surface area contributed by atoms with Crippen LogP contribution in [-0.2, 0) is 28.7 Å². The lowest BCUT2D eigenvalue weighted by molar-refractivity contribution is -0.180. The third kappa shape index (κ3) is 7.06. The number of rotatable bonds is 6. The zero-order valence-electron chi connectivity index (χ0n) is 23.7. The van der Waals surface area contributed by atoms with Crippen molar-refractivity contribution in [1.29, 1.82) is 0 Å². The molecule has 2 aromatic rings. The monoisotopic (exact) mass is 628 g/mol. The van der Waals surface area contributed by atoms with Gasteiger partial charge in [0, 0.05) is 25.2 Å². The zero-order valence-corrected chi connectivity index (χ0v) is 23.7. The van der Waals surface area contributed by atoms with Crippen LogP contribution >= 0.6 is 0 Å². The number of amides is 2. The second kappa shape index (κ2) is 13.3. The first-order valence-corrected chi connectivity index (χ1v) is 12.9. The molecule has 2 amide bonds. The highest BCUT2D eigenvalue weighted by molar-refractivity contribution is 6.55. The lowest BCUT2D eigenvalue weighted by Crippen LogP contribution is -2.38. The molecule has 2 atom stereocenters. The second-order valence-corrected chi connectivity index (χ2v) is 9.11. The van der Waals surface area contributed by atoms with E-state index in [-0.39, 0.29) is 24.3 Å². The molecule has 0 radical (unpaired) electrons. The largest absolute Gasteiger partial charge is 0.464 e. The minimum absolute atomic E-state index is 0.208. The first-order chi connectivity index (χ1) is 20.5. The van der Waals surface area contributed by atoms with Gasteiger partial charge in [-0.2, -0.15) is 26.3 Å². The molecule has 0 aliphatic carbocycles. The molecule has 10 nitrogen and oxygen atoms in total. The van der Waals surface area contributed by atoms with E-state index in [0.29, 0.717) is 11.4 Å². The van der Waals surface area contributed by atoms with Crippen molar-refractivity contribution in [3.63, 3.8) is 0 Å². The number of hydrogen-bond acceptors (Lipinski definition) is 8. The Hall–Kier alpha value is -4.76. The molecule has 0 saturated carbocycles. The Kier molecular flexibility index (Phi) is 10.2. The number of ether oxygens (including phenoxy) is 2. The van der Waals surface area contributed by atoms with Crippen molar-refractivity contribution in [2.24, 2.45) is 9.98 Å². The van der Waals surface area contributed by atoms with E-state index in [1.807, 2.05) is 0 Å². The Morgan fingerprint density at radius 2 is 1.00 bits per heavy atom. The molecule has 2 aliphatic heterocycles. The smallest absolute Gasteiger partial charge is 0.421 e. The molecular formula is C28H26F6N4O6. The second-order valence-electron chi connectivity index (χ2n) is 9.11. The number of anilines is 2. The van der Waals surface area contributed by atoms with Crippen molar-refractivity contribution in [2.45, 2.75) is 38.3 Å². The summed E-state index contributed by atoms with van der Waals surface area (Å²) in [6, 6.07) is 7.16. The maximum Gasteiger partial charge on any atom is 0.421 e. The van der Waals surface area contributed by atoms with Gasteiger partial charge >= 0.3 is 24.3 Å². The normalized spacial score (nSPS) is 17.6. The van der Waals surface area contributed by atoms with Gasteiger partial charge < -0.3 is 19.3 Å². The van der Waals surface area contributed by atoms with Crippen LogP contribution < -0.4 is 9.80 Å². The summed E-state index contributed by atoms with van der Waals surface area (Å²) in [7, 11) is 2.85. The summed E-state index contributed by atoms with van der Waals surface area (Å²) in [5.41, 5.74) is 0.608. The minimum atomic E-state index is -4.93. The van der Waals surface area contributed by atoms with Crippen molar-refractivity contribution in [3.8, 4) is 0 Å². The Balaban J connectivity index is 0.000000240. The molecule has 2 heterocycles. The van der Waals surface area contributed by atoms with Crippen LogP contribution in [0.3, 0.4) is 0 Å². The molecule has 2 aromatic carbocycles. The van der Waals surface area contributed by atoms with Crippen LogP contribution in [0.15, 0.2) is 58.5 Å². The number of halogens is 6. The highest BCUT2D eigenvalue weighted by Gasteiger charge is 2.49. The molecule has 0 saturated heterocycles. The van der Waals surface area contributed by atoms with E-state index in [4.69, 9.17) is 0 Å². The van der Waals surface area contributed by atoms with Crippen LogP contribution in [0.5, 0.6) is 0 Å². The molecule has 16 heteroatoms. The topological polar surface area (TPSA) is 118 Å². The number of alkyl halides is 6. The maximum absolute atomic E-state index is 13.0. The Labute approximate surface area is 246 Å². The number of fused-ring (bicyclic) bond motifs is 2. The van der Waals surface area contributed by atoms with Crippen molar-refractivity contribution < 1.29 is 55.0 Å². The number of hydrogen-bond donors (Lipinski definition) is 0. The molecule has 0 spiro atoms. The van der Waals surface area contributed by atoms with Crippen LogP contribution in [-0.4, -0.2) is 86.9 Å². The molecule has 0 bridgehead atoms. The SMILES string of the molecule is CCOC(=O)[C@H](N=C1C(=O)N(C)c2ccccc21)C(F)(F)F.CCOC(=O)[C@H](N=C1C(=O)N(C)c2ccccc21)C(F)(F)F. The van der Waals surface area contributed by atoms with Gasteiger partial charge in [-0.1, -0.05) is 36.4 Å². The maximum atomic E-state index is 13.0. The standard InChI is InChI=1S/2C14H13F3N2O3/c2*1-3-22-13(21)11(14(15,16)17)18-10-8-6-4-5-7-9(8)19(2)12(10)20/h2*4-7,11H,3H2,1-2H3/t2*11-/m00/s1. The average Bonchev–Trinajstić information content (AvgIpc) is 3.33.